The fourth-order valence-electron chi connectivity index (χ4n) is 9.06. The Hall–Kier alpha value is -1.14. The standard InChI is InChI=1S/C52H101NO5/c1-5-9-13-17-19-30-40-48(38-28-15-11-7-3)57-51(55)42-32-21-23-34-44-53(46-50(54)47-36-26-25-27-37-47)45-35-24-22-33-43-52(56)58-49(39-29-16-12-8-4)41-31-20-18-14-10-6-2/h47-50,54H,5-46H2,1-4H3. The predicted octanol–water partition coefficient (Wildman–Crippen LogP) is 15.4. The molecule has 0 aromatic carbocycles. The minimum atomic E-state index is -0.234. The normalized spacial score (nSPS) is 15.1. The maximum absolute atomic E-state index is 12.9. The molecule has 0 spiro atoms. The van der Waals surface area contributed by atoms with Gasteiger partial charge in [0.15, 0.2) is 0 Å². The van der Waals surface area contributed by atoms with Crippen molar-refractivity contribution >= 4 is 11.9 Å². The van der Waals surface area contributed by atoms with Crippen LogP contribution in [0.15, 0.2) is 0 Å². The zero-order chi connectivity index (χ0) is 42.2. The summed E-state index contributed by atoms with van der Waals surface area (Å²) in [7, 11) is 0. The highest BCUT2D eigenvalue weighted by atomic mass is 16.5. The van der Waals surface area contributed by atoms with E-state index in [0.29, 0.717) is 18.8 Å². The van der Waals surface area contributed by atoms with E-state index in [2.05, 4.69) is 32.6 Å². The van der Waals surface area contributed by atoms with Crippen molar-refractivity contribution in [3.63, 3.8) is 0 Å². The van der Waals surface area contributed by atoms with Gasteiger partial charge in [0.1, 0.15) is 12.2 Å². The number of carbonyl (C=O) groups excluding carboxylic acids is 2. The summed E-state index contributed by atoms with van der Waals surface area (Å²) in [6.07, 6.45) is 44.8. The summed E-state index contributed by atoms with van der Waals surface area (Å²) in [5, 5.41) is 11.2. The second kappa shape index (κ2) is 41.2. The number of aliphatic hydroxyl groups is 1. The molecule has 3 atom stereocenters. The lowest BCUT2D eigenvalue weighted by Crippen LogP contribution is -2.38. The maximum Gasteiger partial charge on any atom is 0.306 e. The van der Waals surface area contributed by atoms with Crippen molar-refractivity contribution < 1.29 is 24.2 Å². The van der Waals surface area contributed by atoms with Crippen LogP contribution in [0, 0.1) is 5.92 Å². The number of carbonyl (C=O) groups is 2. The minimum Gasteiger partial charge on any atom is -0.462 e. The van der Waals surface area contributed by atoms with Gasteiger partial charge < -0.3 is 19.5 Å². The number of aliphatic hydroxyl groups excluding tert-OH is 1. The van der Waals surface area contributed by atoms with Crippen molar-refractivity contribution in [3.05, 3.63) is 0 Å². The molecule has 6 nitrogen and oxygen atoms in total. The van der Waals surface area contributed by atoms with Crippen molar-refractivity contribution in [3.8, 4) is 0 Å². The Morgan fingerprint density at radius 2 is 0.793 bits per heavy atom. The number of unbranched alkanes of at least 4 members (excludes halogenated alkanes) is 22. The number of hydrogen-bond acceptors (Lipinski definition) is 6. The van der Waals surface area contributed by atoms with Crippen LogP contribution < -0.4 is 0 Å². The van der Waals surface area contributed by atoms with Crippen molar-refractivity contribution in [2.75, 3.05) is 19.6 Å². The first-order valence-corrected chi connectivity index (χ1v) is 26.2. The van der Waals surface area contributed by atoms with Crippen LogP contribution in [0.1, 0.15) is 278 Å². The Kier molecular flexibility index (Phi) is 39.0. The van der Waals surface area contributed by atoms with E-state index in [4.69, 9.17) is 9.47 Å². The average molecular weight is 820 g/mol. The van der Waals surface area contributed by atoms with Crippen LogP contribution in [0.5, 0.6) is 0 Å². The van der Waals surface area contributed by atoms with Crippen LogP contribution >= 0.6 is 0 Å². The highest BCUT2D eigenvalue weighted by molar-refractivity contribution is 5.69. The van der Waals surface area contributed by atoms with Gasteiger partial charge in [-0.25, -0.2) is 0 Å². The molecule has 0 saturated heterocycles. The summed E-state index contributed by atoms with van der Waals surface area (Å²) in [4.78, 5) is 28.2. The van der Waals surface area contributed by atoms with E-state index in [-0.39, 0.29) is 30.3 Å². The summed E-state index contributed by atoms with van der Waals surface area (Å²) in [6, 6.07) is 0. The highest BCUT2D eigenvalue weighted by Crippen LogP contribution is 2.27. The smallest absolute Gasteiger partial charge is 0.306 e. The van der Waals surface area contributed by atoms with Crippen LogP contribution in [0.4, 0.5) is 0 Å². The van der Waals surface area contributed by atoms with Gasteiger partial charge in [-0.05, 0) is 109 Å². The fraction of sp³-hybridized carbons (Fsp3) is 0.962. The molecule has 3 unspecified atom stereocenters. The lowest BCUT2D eigenvalue weighted by Gasteiger charge is -2.31. The molecular weight excluding hydrogens is 719 g/mol. The van der Waals surface area contributed by atoms with E-state index >= 15 is 0 Å². The first-order valence-electron chi connectivity index (χ1n) is 26.2. The van der Waals surface area contributed by atoms with Crippen LogP contribution in [-0.2, 0) is 19.1 Å². The van der Waals surface area contributed by atoms with Crippen molar-refractivity contribution in [2.24, 2.45) is 5.92 Å². The Bertz CT molecular complexity index is 833. The lowest BCUT2D eigenvalue weighted by molar-refractivity contribution is -0.151. The largest absolute Gasteiger partial charge is 0.462 e. The molecule has 58 heavy (non-hydrogen) atoms. The van der Waals surface area contributed by atoms with Crippen molar-refractivity contribution in [1.29, 1.82) is 0 Å². The molecule has 0 aromatic heterocycles. The number of ether oxygens (including phenoxy) is 2. The van der Waals surface area contributed by atoms with Crippen LogP contribution in [0.25, 0.3) is 0 Å². The molecular formula is C52H101NO5. The van der Waals surface area contributed by atoms with E-state index in [0.717, 1.165) is 110 Å². The summed E-state index contributed by atoms with van der Waals surface area (Å²) >= 11 is 0. The number of hydrogen-bond donors (Lipinski definition) is 1. The second-order valence-electron chi connectivity index (χ2n) is 18.6. The van der Waals surface area contributed by atoms with Crippen molar-refractivity contribution in [1.82, 2.24) is 4.90 Å². The Morgan fingerprint density at radius 3 is 1.19 bits per heavy atom. The van der Waals surface area contributed by atoms with Gasteiger partial charge in [0.05, 0.1) is 6.10 Å². The third-order valence-electron chi connectivity index (χ3n) is 13.0. The van der Waals surface area contributed by atoms with Gasteiger partial charge in [-0.1, -0.05) is 175 Å². The van der Waals surface area contributed by atoms with Gasteiger partial charge in [0, 0.05) is 19.4 Å². The van der Waals surface area contributed by atoms with Gasteiger partial charge >= 0.3 is 11.9 Å². The molecule has 0 aromatic rings. The summed E-state index contributed by atoms with van der Waals surface area (Å²) in [5.41, 5.74) is 0. The molecule has 0 heterocycles. The number of nitrogens with zero attached hydrogens (tertiary/aromatic N) is 1. The third-order valence-corrected chi connectivity index (χ3v) is 13.0. The number of esters is 2. The maximum atomic E-state index is 12.9. The van der Waals surface area contributed by atoms with E-state index in [1.54, 1.807) is 0 Å². The first kappa shape index (κ1) is 54.9. The zero-order valence-corrected chi connectivity index (χ0v) is 39.5. The molecule has 1 rings (SSSR count). The fourth-order valence-corrected chi connectivity index (χ4v) is 9.06. The Labute approximate surface area is 361 Å². The van der Waals surface area contributed by atoms with E-state index < -0.39 is 0 Å². The Morgan fingerprint density at radius 1 is 0.466 bits per heavy atom. The molecule has 1 fully saturated rings. The molecule has 1 saturated carbocycles. The monoisotopic (exact) mass is 820 g/mol. The Balaban J connectivity index is 2.44. The van der Waals surface area contributed by atoms with Crippen molar-refractivity contribution in [2.45, 2.75) is 296 Å². The van der Waals surface area contributed by atoms with Gasteiger partial charge in [0.25, 0.3) is 0 Å². The van der Waals surface area contributed by atoms with E-state index in [1.165, 1.54) is 148 Å². The third kappa shape index (κ3) is 33.6. The molecule has 344 valence electrons. The lowest BCUT2D eigenvalue weighted by atomic mass is 9.85. The van der Waals surface area contributed by atoms with Gasteiger partial charge in [-0.15, -0.1) is 0 Å². The molecule has 0 aliphatic heterocycles. The summed E-state index contributed by atoms with van der Waals surface area (Å²) in [5.74, 6) is 0.459. The SMILES string of the molecule is CCCCCCCCC(CCCCCC)OC(=O)CCCCCCN(CCCCCCC(=O)OC(CCCCCC)CCCCCCCC)CC(O)C1CCCCC1. The van der Waals surface area contributed by atoms with Crippen LogP contribution in [0.3, 0.4) is 0 Å². The molecule has 0 amide bonds. The summed E-state index contributed by atoms with van der Waals surface area (Å²) in [6.45, 7) is 11.8. The molecule has 0 radical (unpaired) electrons. The zero-order valence-electron chi connectivity index (χ0n) is 39.5. The topological polar surface area (TPSA) is 76.1 Å². The van der Waals surface area contributed by atoms with E-state index in [9.17, 15) is 14.7 Å². The predicted molar refractivity (Wildman–Crippen MR) is 248 cm³/mol. The molecule has 1 aliphatic carbocycles. The minimum absolute atomic E-state index is 0.00682. The molecule has 1 aliphatic rings. The highest BCUT2D eigenvalue weighted by Gasteiger charge is 2.24. The molecule has 1 N–H and O–H groups in total. The quantitative estimate of drug-likeness (QED) is 0.0488. The first-order chi connectivity index (χ1) is 28.4. The van der Waals surface area contributed by atoms with E-state index in [1.807, 2.05) is 0 Å². The molecule has 6 heteroatoms. The average Bonchev–Trinajstić information content (AvgIpc) is 3.23. The van der Waals surface area contributed by atoms with Gasteiger partial charge in [-0.2, -0.15) is 0 Å². The van der Waals surface area contributed by atoms with Crippen LogP contribution in [-0.4, -0.2) is 59.9 Å². The van der Waals surface area contributed by atoms with Gasteiger partial charge in [0.2, 0.25) is 0 Å². The molecule has 0 bridgehead atoms. The number of rotatable bonds is 43. The second-order valence-corrected chi connectivity index (χ2v) is 18.6. The van der Waals surface area contributed by atoms with Crippen LogP contribution in [0.2, 0.25) is 0 Å². The van der Waals surface area contributed by atoms with Gasteiger partial charge in [-0.3, -0.25) is 9.59 Å². The summed E-state index contributed by atoms with van der Waals surface area (Å²) < 4.78 is 12.1.